The molecule has 3 aromatic rings. The number of carbonyl (C=O) groups is 1. The van der Waals surface area contributed by atoms with Crippen LogP contribution in [0, 0.1) is 0 Å². The summed E-state index contributed by atoms with van der Waals surface area (Å²) >= 11 is 5.79. The van der Waals surface area contributed by atoms with Crippen LogP contribution in [0.4, 0.5) is 26.3 Å². The maximum atomic E-state index is 13.1. The fourth-order valence-corrected chi connectivity index (χ4v) is 4.06. The first-order chi connectivity index (χ1) is 15.9. The van der Waals surface area contributed by atoms with Crippen molar-refractivity contribution in [2.75, 3.05) is 0 Å². The van der Waals surface area contributed by atoms with Crippen LogP contribution in [0.1, 0.15) is 58.2 Å². The van der Waals surface area contributed by atoms with Gasteiger partial charge in [-0.25, -0.2) is 4.68 Å². The predicted octanol–water partition coefficient (Wildman–Crippen LogP) is 6.16. The standard InChI is InChI=1S/C22H17ClF6N4O/c23-14-8-12(7-13(9-14)21(24,25)26)20(34)31-17-3-1-2-4-18-16(17)11-33(32-18)15-5-6-30-19(10-15)22(27,28)29/h5-11,17H,1-4H2,(H,31,34)/t17-/m0/s1. The normalized spacial score (nSPS) is 16.6. The van der Waals surface area contributed by atoms with Crippen molar-refractivity contribution < 1.29 is 31.1 Å². The van der Waals surface area contributed by atoms with Crippen LogP contribution in [0.3, 0.4) is 0 Å². The van der Waals surface area contributed by atoms with Gasteiger partial charge in [0, 0.05) is 28.5 Å². The number of pyridine rings is 1. The van der Waals surface area contributed by atoms with Crippen molar-refractivity contribution in [2.24, 2.45) is 0 Å². The lowest BCUT2D eigenvalue weighted by Crippen LogP contribution is -2.28. The number of rotatable bonds is 3. The van der Waals surface area contributed by atoms with E-state index in [4.69, 9.17) is 11.6 Å². The highest BCUT2D eigenvalue weighted by Gasteiger charge is 2.34. The van der Waals surface area contributed by atoms with Gasteiger partial charge in [0.25, 0.3) is 5.91 Å². The van der Waals surface area contributed by atoms with Crippen LogP contribution >= 0.6 is 11.6 Å². The fourth-order valence-electron chi connectivity index (χ4n) is 3.83. The van der Waals surface area contributed by atoms with Gasteiger partial charge in [0.1, 0.15) is 5.69 Å². The summed E-state index contributed by atoms with van der Waals surface area (Å²) in [6, 6.07) is 4.25. The molecule has 0 radical (unpaired) electrons. The Balaban J connectivity index is 1.64. The number of amides is 1. The van der Waals surface area contributed by atoms with Crippen LogP contribution in [-0.2, 0) is 18.8 Å². The second-order valence-electron chi connectivity index (χ2n) is 7.87. The average Bonchev–Trinajstić information content (AvgIpc) is 3.10. The molecule has 12 heteroatoms. The highest BCUT2D eigenvalue weighted by Crippen LogP contribution is 2.34. The molecule has 0 saturated heterocycles. The Morgan fingerprint density at radius 2 is 1.82 bits per heavy atom. The maximum Gasteiger partial charge on any atom is 0.433 e. The van der Waals surface area contributed by atoms with Crippen LogP contribution in [-0.4, -0.2) is 20.7 Å². The first-order valence-electron chi connectivity index (χ1n) is 10.2. The number of benzene rings is 1. The first-order valence-corrected chi connectivity index (χ1v) is 10.6. The second-order valence-corrected chi connectivity index (χ2v) is 8.31. The quantitative estimate of drug-likeness (QED) is 0.345. The summed E-state index contributed by atoms with van der Waals surface area (Å²) in [5.41, 5.74) is -1.03. The molecule has 1 amide bonds. The van der Waals surface area contributed by atoms with Crippen molar-refractivity contribution in [3.8, 4) is 5.69 Å². The van der Waals surface area contributed by atoms with E-state index in [1.54, 1.807) is 0 Å². The van der Waals surface area contributed by atoms with Gasteiger partial charge in [-0.05, 0) is 49.6 Å². The van der Waals surface area contributed by atoms with E-state index in [2.05, 4.69) is 15.4 Å². The summed E-state index contributed by atoms with van der Waals surface area (Å²) in [5, 5.41) is 6.89. The molecule has 0 fully saturated rings. The van der Waals surface area contributed by atoms with Crippen molar-refractivity contribution in [3.05, 3.63) is 75.8 Å². The number of nitrogens with one attached hydrogen (secondary N) is 1. The molecular formula is C22H17ClF6N4O. The van der Waals surface area contributed by atoms with Crippen molar-refractivity contribution in [2.45, 2.75) is 44.1 Å². The lowest BCUT2D eigenvalue weighted by Gasteiger charge is -2.17. The smallest absolute Gasteiger partial charge is 0.345 e. The lowest BCUT2D eigenvalue weighted by molar-refractivity contribution is -0.141. The second kappa shape index (κ2) is 8.94. The summed E-state index contributed by atoms with van der Waals surface area (Å²) in [4.78, 5) is 16.1. The van der Waals surface area contributed by atoms with E-state index in [1.165, 1.54) is 16.9 Å². The van der Waals surface area contributed by atoms with E-state index in [9.17, 15) is 31.1 Å². The number of nitrogens with zero attached hydrogens (tertiary/aromatic N) is 3. The van der Waals surface area contributed by atoms with Crippen LogP contribution in [0.5, 0.6) is 0 Å². The van der Waals surface area contributed by atoms with Gasteiger partial charge in [-0.3, -0.25) is 9.78 Å². The Labute approximate surface area is 194 Å². The molecule has 2 aromatic heterocycles. The molecule has 5 nitrogen and oxygen atoms in total. The summed E-state index contributed by atoms with van der Waals surface area (Å²) in [5.74, 6) is -0.748. The number of aromatic nitrogens is 3. The van der Waals surface area contributed by atoms with Gasteiger partial charge in [-0.2, -0.15) is 31.4 Å². The molecule has 34 heavy (non-hydrogen) atoms. The average molecular weight is 503 g/mol. The number of carbonyl (C=O) groups excluding carboxylic acids is 1. The third-order valence-corrected chi connectivity index (χ3v) is 5.66. The number of hydrogen-bond donors (Lipinski definition) is 1. The topological polar surface area (TPSA) is 59.8 Å². The summed E-state index contributed by atoms with van der Waals surface area (Å²) < 4.78 is 79.7. The Hall–Kier alpha value is -3.08. The van der Waals surface area contributed by atoms with Crippen molar-refractivity contribution >= 4 is 17.5 Å². The molecule has 180 valence electrons. The number of aryl methyl sites for hydroxylation is 1. The molecule has 0 aliphatic heterocycles. The van der Waals surface area contributed by atoms with Crippen molar-refractivity contribution in [1.82, 2.24) is 20.1 Å². The molecule has 1 aliphatic carbocycles. The molecule has 4 rings (SSSR count). The SMILES string of the molecule is O=C(N[C@H]1CCCCc2nn(-c3ccnc(C(F)(F)F)c3)cc21)c1cc(Cl)cc(C(F)(F)F)c1. The molecule has 0 bridgehead atoms. The van der Waals surface area contributed by atoms with Crippen LogP contribution in [0.15, 0.2) is 42.7 Å². The van der Waals surface area contributed by atoms with E-state index in [1.807, 2.05) is 0 Å². The monoisotopic (exact) mass is 502 g/mol. The summed E-state index contributed by atoms with van der Waals surface area (Å²) in [6.07, 6.45) is -4.25. The number of alkyl halides is 6. The Morgan fingerprint density at radius 1 is 1.06 bits per heavy atom. The molecule has 1 atom stereocenters. The molecule has 2 heterocycles. The Morgan fingerprint density at radius 3 is 2.53 bits per heavy atom. The van der Waals surface area contributed by atoms with Gasteiger partial charge in [-0.1, -0.05) is 18.0 Å². The highest BCUT2D eigenvalue weighted by molar-refractivity contribution is 6.31. The van der Waals surface area contributed by atoms with E-state index < -0.39 is 35.6 Å². The van der Waals surface area contributed by atoms with E-state index in [0.717, 1.165) is 43.3 Å². The van der Waals surface area contributed by atoms with E-state index in [-0.39, 0.29) is 16.3 Å². The van der Waals surface area contributed by atoms with Gasteiger partial charge >= 0.3 is 12.4 Å². The molecule has 0 spiro atoms. The van der Waals surface area contributed by atoms with Gasteiger partial charge < -0.3 is 5.32 Å². The third-order valence-electron chi connectivity index (χ3n) is 5.45. The van der Waals surface area contributed by atoms with Gasteiger partial charge in [-0.15, -0.1) is 0 Å². The molecule has 1 aromatic carbocycles. The number of halogens is 7. The zero-order chi connectivity index (χ0) is 24.7. The zero-order valence-electron chi connectivity index (χ0n) is 17.3. The molecule has 0 saturated carbocycles. The van der Waals surface area contributed by atoms with E-state index >= 15 is 0 Å². The predicted molar refractivity (Wildman–Crippen MR) is 111 cm³/mol. The molecule has 1 aliphatic rings. The van der Waals surface area contributed by atoms with E-state index in [0.29, 0.717) is 24.1 Å². The molecule has 1 N–H and O–H groups in total. The Bertz CT molecular complexity index is 1220. The zero-order valence-corrected chi connectivity index (χ0v) is 18.1. The minimum atomic E-state index is -4.67. The highest BCUT2D eigenvalue weighted by atomic mass is 35.5. The summed E-state index contributed by atoms with van der Waals surface area (Å²) in [6.45, 7) is 0. The number of fused-ring (bicyclic) bond motifs is 1. The Kier molecular flexibility index (Phi) is 6.32. The largest absolute Gasteiger partial charge is 0.433 e. The van der Waals surface area contributed by atoms with Crippen molar-refractivity contribution in [1.29, 1.82) is 0 Å². The minimum Gasteiger partial charge on any atom is -0.345 e. The van der Waals surface area contributed by atoms with Crippen LogP contribution < -0.4 is 5.32 Å². The van der Waals surface area contributed by atoms with Gasteiger partial charge in [0.05, 0.1) is 23.0 Å². The maximum absolute atomic E-state index is 13.1. The molecular weight excluding hydrogens is 486 g/mol. The third kappa shape index (κ3) is 5.19. The minimum absolute atomic E-state index is 0.144. The first kappa shape index (κ1) is 24.1. The van der Waals surface area contributed by atoms with Gasteiger partial charge in [0.2, 0.25) is 0 Å². The van der Waals surface area contributed by atoms with Gasteiger partial charge in [0.15, 0.2) is 0 Å². The van der Waals surface area contributed by atoms with Crippen LogP contribution in [0.25, 0.3) is 5.69 Å². The number of hydrogen-bond acceptors (Lipinski definition) is 3. The molecule has 0 unspecified atom stereocenters. The lowest BCUT2D eigenvalue weighted by atomic mass is 10.0. The summed E-state index contributed by atoms with van der Waals surface area (Å²) in [7, 11) is 0. The van der Waals surface area contributed by atoms with Crippen LogP contribution in [0.2, 0.25) is 5.02 Å². The van der Waals surface area contributed by atoms with Crippen molar-refractivity contribution in [3.63, 3.8) is 0 Å². The fraction of sp³-hybridized carbons (Fsp3) is 0.318.